The van der Waals surface area contributed by atoms with Crippen molar-refractivity contribution in [3.05, 3.63) is 0 Å². The first kappa shape index (κ1) is 138. The first-order valence-electron chi connectivity index (χ1n) is 53.4. The molecule has 144 heavy (non-hydrogen) atoms. The van der Waals surface area contributed by atoms with Gasteiger partial charge in [-0.1, -0.05) is 220 Å². The summed E-state index contributed by atoms with van der Waals surface area (Å²) in [5.41, 5.74) is -1.11. The number of hydrogen-bond donors (Lipinski definition) is 16. The van der Waals surface area contributed by atoms with E-state index in [-0.39, 0.29) is 131 Å². The summed E-state index contributed by atoms with van der Waals surface area (Å²) in [4.78, 5) is 49.4. The average molecular weight is 2220 g/mol. The number of thiol groups is 3. The van der Waals surface area contributed by atoms with Gasteiger partial charge in [0, 0.05) is 73.6 Å². The number of rotatable bonds is 83. The van der Waals surface area contributed by atoms with Crippen molar-refractivity contribution in [1.29, 1.82) is 0 Å². The number of ether oxygens (including phenoxy) is 10. The molecule has 35 nitrogen and oxygen atoms in total. The minimum absolute atomic E-state index is 0.0690. The zero-order valence-electron chi connectivity index (χ0n) is 91.4. The molecule has 43 heteroatoms. The van der Waals surface area contributed by atoms with Gasteiger partial charge in [0.05, 0.1) is 92.5 Å². The van der Waals surface area contributed by atoms with Crippen molar-refractivity contribution in [2.24, 2.45) is 124 Å². The number of aliphatic hydroxyl groups excluding tert-OH is 10. The van der Waals surface area contributed by atoms with E-state index in [1.807, 2.05) is 0 Å². The molecular formula is C101H198N3O32P4S4-. The van der Waals surface area contributed by atoms with Gasteiger partial charge < -0.3 is 155 Å². The van der Waals surface area contributed by atoms with Gasteiger partial charge in [-0.15, -0.1) is 0 Å². The van der Waals surface area contributed by atoms with Gasteiger partial charge >= 0.3 is 0 Å². The Morgan fingerprint density at radius 3 is 0.812 bits per heavy atom. The Balaban J connectivity index is 1.64. The molecular weight excluding hydrogens is 2020 g/mol. The molecule has 3 heterocycles. The lowest BCUT2D eigenvalue weighted by Crippen LogP contribution is -2.64. The summed E-state index contributed by atoms with van der Waals surface area (Å²) in [7, 11) is -4.75. The number of unbranched alkanes of at least 4 members (excludes halogenated alkanes) is 8. The first-order chi connectivity index (χ1) is 68.0. The van der Waals surface area contributed by atoms with Crippen LogP contribution in [0.4, 0.5) is 0 Å². The summed E-state index contributed by atoms with van der Waals surface area (Å²) < 4.78 is 108. The Morgan fingerprint density at radius 2 is 0.556 bits per heavy atom. The fourth-order valence-corrected chi connectivity index (χ4v) is 24.3. The van der Waals surface area contributed by atoms with Gasteiger partial charge in [-0.3, -0.25) is 14.4 Å². The molecule has 0 bridgehead atoms. The summed E-state index contributed by atoms with van der Waals surface area (Å²) in [5, 5.41) is 110. The standard InChI is InChI=1S/C101H199N3O32P4S4/c1-62(54-105)64(3)66(5)68(7)70(9)72(11)74(13)76(15)78(17)80(19)82(21)81(20)79(18)77(16)75(14)73(12)71(10)69(8)67(6)65(4)63(2)58-133-140(118,144)132-53-30-28-26-25-27-29-46-125-101(59-119-40-37-50-129-137(141)126-47-34-31-43-122-98-89(102-83(22)109)95(115)92(112)86(55-106)134-98,60-120-41-38-51-130-138(142)127-48-35-32-44-123-99-90(103-84(23)110)96(116)93(113)87(56-107)135-99)61-121-42-39-52-131-139(143)128-49-36-33-45-124-100-91(104-85(24)111)97(117)94(114)88(57-108)136-100/h62-82,86-100,105-108,112-117,141-143H,25-61H2,1-24H3,(H,102,109)(H,103,110)(H,104,111)(H,118,144)/p-1/t62-,63+,64-,65+,66-,67+,68-,69+,70-,71+,72-,73+,74-,75+,76-,77+,78-,79+,80-,81+,82-,86?,87?,88?,89?,90?,91?,92-,93-,94-,95+,96+,97+,98+,99+,100+,101?,137?,138?,139?,140?/m0/s1. The van der Waals surface area contributed by atoms with Crippen LogP contribution in [0, 0.1) is 124 Å². The maximum atomic E-state index is 13.7. The van der Waals surface area contributed by atoms with Crippen LogP contribution in [-0.2, 0) is 110 Å². The Kier molecular flexibility index (Phi) is 72.3. The quantitative estimate of drug-likeness (QED) is 0.0153. The number of carbonyl (C=O) groups is 3. The van der Waals surface area contributed by atoms with E-state index in [0.29, 0.717) is 190 Å². The van der Waals surface area contributed by atoms with E-state index in [1.165, 1.54) is 20.8 Å². The van der Waals surface area contributed by atoms with Gasteiger partial charge in [0.2, 0.25) is 40.5 Å². The van der Waals surface area contributed by atoms with Crippen molar-refractivity contribution in [3.63, 3.8) is 0 Å². The third kappa shape index (κ3) is 50.0. The first-order valence-corrected chi connectivity index (χ1v) is 62.9. The third-order valence-electron chi connectivity index (χ3n) is 32.5. The monoisotopic (exact) mass is 2220 g/mol. The SMILES string of the molecule is CC(=O)NC1[C@H](OCCCCOP(S)OCCCOCC(COCCCOP(S)OCCCCO[C@@H]2OC(CO)[C@H](O)[C@H](O)C2NC(C)=O)(COCCCOP(S)OCCCCO[C@@H]2OC(CO)[C@H](O)[C@H](O)C2NC(C)=O)OCCCCCCCCOP([O-])(=S)OC[C@@H](C)[C@@H](C)[C@@H](C)[C@@H](C)[C@@H](C)[C@@H](C)[C@@H](C)[C@@H](C)[C@@H](C)[C@@H](C)[C@@H](C)[C@@H](C)[C@@H](C)[C@@H](C)[C@@H](C)[C@@H](C)[C@@H](C)[C@@H](C)[C@@H](C)[C@@H](C)[C@@H](C)CO)OC(CO)[C@H](O)[C@@H]1O. The molecule has 3 aliphatic heterocycles. The number of nitrogens with one attached hydrogen (secondary N) is 3. The van der Waals surface area contributed by atoms with E-state index in [4.69, 9.17) is 95.4 Å². The molecule has 0 spiro atoms. The highest BCUT2D eigenvalue weighted by molar-refractivity contribution is 8.42. The predicted octanol–water partition coefficient (Wildman–Crippen LogP) is 14.1. The number of aliphatic hydroxyl groups is 10. The molecule has 10 unspecified atom stereocenters. The predicted molar refractivity (Wildman–Crippen MR) is 573 cm³/mol. The topological polar surface area (TPSA) is 479 Å². The van der Waals surface area contributed by atoms with Crippen LogP contribution in [0.25, 0.3) is 0 Å². The van der Waals surface area contributed by atoms with Crippen LogP contribution >= 0.6 is 66.2 Å². The molecule has 854 valence electrons. The highest BCUT2D eigenvalue weighted by atomic mass is 32.7. The molecule has 0 aliphatic carbocycles. The van der Waals surface area contributed by atoms with Crippen molar-refractivity contribution < 1.29 is 154 Å². The van der Waals surface area contributed by atoms with Gasteiger partial charge in [-0.2, -0.15) is 0 Å². The molecule has 3 fully saturated rings. The van der Waals surface area contributed by atoms with E-state index in [2.05, 4.69) is 198 Å². The molecule has 0 radical (unpaired) electrons. The van der Waals surface area contributed by atoms with E-state index < -0.39 is 165 Å². The molecule has 13 N–H and O–H groups in total. The van der Waals surface area contributed by atoms with Crippen LogP contribution in [0.15, 0.2) is 0 Å². The van der Waals surface area contributed by atoms with Gasteiger partial charge in [0.1, 0.15) is 85.4 Å². The Hall–Kier alpha value is 0.240. The minimum Gasteiger partial charge on any atom is -0.780 e. The van der Waals surface area contributed by atoms with Crippen molar-refractivity contribution in [3.8, 4) is 0 Å². The van der Waals surface area contributed by atoms with Crippen LogP contribution in [0.2, 0.25) is 0 Å². The zero-order chi connectivity index (χ0) is 108. The molecule has 0 saturated carbocycles. The van der Waals surface area contributed by atoms with Crippen molar-refractivity contribution >= 4 is 95.7 Å². The molecule has 3 aliphatic rings. The number of amides is 3. The van der Waals surface area contributed by atoms with Crippen molar-refractivity contribution in [1.82, 2.24) is 16.0 Å². The average Bonchev–Trinajstić information content (AvgIpc) is 0.798. The lowest BCUT2D eigenvalue weighted by atomic mass is 9.61. The Morgan fingerprint density at radius 1 is 0.326 bits per heavy atom. The van der Waals surface area contributed by atoms with Crippen LogP contribution in [0.1, 0.15) is 262 Å². The van der Waals surface area contributed by atoms with E-state index in [9.17, 15) is 70.3 Å². The fourth-order valence-electron chi connectivity index (χ4n) is 19.6. The summed E-state index contributed by atoms with van der Waals surface area (Å²) in [6, 6.07) is -3.17. The second-order valence-corrected chi connectivity index (χ2v) is 50.8. The van der Waals surface area contributed by atoms with E-state index >= 15 is 0 Å². The van der Waals surface area contributed by atoms with E-state index in [1.54, 1.807) is 0 Å². The van der Waals surface area contributed by atoms with Crippen molar-refractivity contribution in [2.75, 3.05) is 145 Å². The largest absolute Gasteiger partial charge is 0.780 e. The maximum Gasteiger partial charge on any atom is 0.234 e. The summed E-state index contributed by atoms with van der Waals surface area (Å²) in [6.45, 7) is 53.4. The molecule has 3 amide bonds. The van der Waals surface area contributed by atoms with Crippen LogP contribution in [-0.4, -0.2) is 312 Å². The van der Waals surface area contributed by atoms with Crippen LogP contribution in [0.3, 0.4) is 0 Å². The minimum atomic E-state index is -3.76. The molecule has 3 rings (SSSR count). The van der Waals surface area contributed by atoms with Crippen molar-refractivity contribution in [2.45, 2.75) is 360 Å². The summed E-state index contributed by atoms with van der Waals surface area (Å²) >= 11 is 19.2. The molecule has 0 aromatic heterocycles. The lowest BCUT2D eigenvalue weighted by molar-refractivity contribution is -0.270. The van der Waals surface area contributed by atoms with Crippen LogP contribution < -0.4 is 20.8 Å². The molecule has 0 aromatic rings. The van der Waals surface area contributed by atoms with E-state index in [0.717, 1.165) is 25.7 Å². The van der Waals surface area contributed by atoms with Gasteiger partial charge in [0.25, 0.3) is 0 Å². The second-order valence-electron chi connectivity index (χ2n) is 42.2. The summed E-state index contributed by atoms with van der Waals surface area (Å²) in [5.74, 6) is 9.03. The highest BCUT2D eigenvalue weighted by Crippen LogP contribution is 2.50. The van der Waals surface area contributed by atoms with Gasteiger partial charge in [-0.05, 0) is 195 Å². The second kappa shape index (κ2) is 75.3. The smallest absolute Gasteiger partial charge is 0.234 e. The number of hydrogen-bond acceptors (Lipinski definition) is 36. The zero-order valence-corrected chi connectivity index (χ0v) is 98.5. The molecule has 40 atom stereocenters. The summed E-state index contributed by atoms with van der Waals surface area (Å²) in [6.07, 6.45) is -5.97. The Bertz CT molecular complexity index is 3190. The normalized spacial score (nSPS) is 27.8. The molecule has 0 aromatic carbocycles. The highest BCUT2D eigenvalue weighted by Gasteiger charge is 2.50. The number of carbonyl (C=O) groups excluding carboxylic acids is 3. The van der Waals surface area contributed by atoms with Crippen LogP contribution in [0.5, 0.6) is 0 Å². The van der Waals surface area contributed by atoms with Gasteiger partial charge in [0.15, 0.2) is 18.9 Å². The maximum absolute atomic E-state index is 13.7. The third-order valence-corrected chi connectivity index (χ3v) is 38.6. The molecule has 3 saturated heterocycles. The lowest BCUT2D eigenvalue weighted by Gasteiger charge is -2.44. The van der Waals surface area contributed by atoms with Gasteiger partial charge in [-0.25, -0.2) is 0 Å². The Labute approximate surface area is 889 Å². The fraction of sp³-hybridized carbons (Fsp3) is 0.970.